The normalized spacial score (nSPS) is 12.4. The van der Waals surface area contributed by atoms with Gasteiger partial charge in [0.2, 0.25) is 0 Å². The monoisotopic (exact) mass is 267 g/mol. The molecular weight excluding hydrogens is 253 g/mol. The van der Waals surface area contributed by atoms with E-state index in [2.05, 4.69) is 10.4 Å². The molecular formula is C13H15ClFN3. The van der Waals surface area contributed by atoms with Crippen LogP contribution in [0.2, 0.25) is 5.02 Å². The van der Waals surface area contributed by atoms with Gasteiger partial charge in [0.15, 0.2) is 0 Å². The van der Waals surface area contributed by atoms with E-state index >= 15 is 0 Å². The molecule has 3 nitrogen and oxygen atoms in total. The van der Waals surface area contributed by atoms with E-state index in [1.165, 1.54) is 6.07 Å². The van der Waals surface area contributed by atoms with E-state index in [0.717, 1.165) is 17.8 Å². The summed E-state index contributed by atoms with van der Waals surface area (Å²) in [5.74, 6) is -0.409. The molecule has 0 aliphatic heterocycles. The molecule has 0 amide bonds. The lowest BCUT2D eigenvalue weighted by atomic mass is 10.2. The minimum Gasteiger partial charge on any atom is -0.378 e. The molecule has 18 heavy (non-hydrogen) atoms. The van der Waals surface area contributed by atoms with Crippen LogP contribution in [0, 0.1) is 5.82 Å². The third kappa shape index (κ3) is 2.82. The zero-order valence-corrected chi connectivity index (χ0v) is 11.1. The largest absolute Gasteiger partial charge is 0.378 e. The van der Waals surface area contributed by atoms with E-state index in [0.29, 0.717) is 0 Å². The molecule has 2 aromatic rings. The molecule has 0 bridgehead atoms. The summed E-state index contributed by atoms with van der Waals surface area (Å²) in [5.41, 5.74) is 1.87. The molecule has 0 saturated carbocycles. The first-order valence-electron chi connectivity index (χ1n) is 5.84. The summed E-state index contributed by atoms with van der Waals surface area (Å²) in [7, 11) is 0. The average molecular weight is 268 g/mol. The van der Waals surface area contributed by atoms with E-state index in [1.807, 2.05) is 30.9 Å². The van der Waals surface area contributed by atoms with Crippen molar-refractivity contribution in [1.82, 2.24) is 9.78 Å². The summed E-state index contributed by atoms with van der Waals surface area (Å²) in [4.78, 5) is 0. The molecule has 1 aromatic carbocycles. The van der Waals surface area contributed by atoms with E-state index in [-0.39, 0.29) is 11.1 Å². The van der Waals surface area contributed by atoms with E-state index in [9.17, 15) is 4.39 Å². The molecule has 2 rings (SSSR count). The van der Waals surface area contributed by atoms with Crippen molar-refractivity contribution in [2.45, 2.75) is 26.4 Å². The van der Waals surface area contributed by atoms with Gasteiger partial charge >= 0.3 is 0 Å². The van der Waals surface area contributed by atoms with Gasteiger partial charge in [-0.05, 0) is 32.0 Å². The van der Waals surface area contributed by atoms with Gasteiger partial charge in [-0.15, -0.1) is 0 Å². The minimum atomic E-state index is -0.409. The minimum absolute atomic E-state index is 0.0897. The summed E-state index contributed by atoms with van der Waals surface area (Å²) in [6.45, 7) is 4.90. The number of benzene rings is 1. The first-order chi connectivity index (χ1) is 8.60. The van der Waals surface area contributed by atoms with E-state index < -0.39 is 5.82 Å². The van der Waals surface area contributed by atoms with Gasteiger partial charge in [-0.25, -0.2) is 4.39 Å². The molecule has 1 unspecified atom stereocenters. The van der Waals surface area contributed by atoms with Crippen LogP contribution < -0.4 is 5.32 Å². The van der Waals surface area contributed by atoms with Crippen LogP contribution in [0.1, 0.15) is 25.5 Å². The fraction of sp³-hybridized carbons (Fsp3) is 0.308. The third-order valence-electron chi connectivity index (χ3n) is 2.78. The van der Waals surface area contributed by atoms with Crippen LogP contribution in [0.25, 0.3) is 0 Å². The van der Waals surface area contributed by atoms with Gasteiger partial charge in [0, 0.05) is 24.0 Å². The van der Waals surface area contributed by atoms with Gasteiger partial charge < -0.3 is 5.32 Å². The maximum Gasteiger partial charge on any atom is 0.141 e. The number of nitrogens with zero attached hydrogens (tertiary/aromatic N) is 2. The lowest BCUT2D eigenvalue weighted by Gasteiger charge is -2.13. The van der Waals surface area contributed by atoms with Gasteiger partial charge in [0.1, 0.15) is 5.82 Å². The summed E-state index contributed by atoms with van der Waals surface area (Å²) in [6.07, 6.45) is 3.81. The summed E-state index contributed by atoms with van der Waals surface area (Å²) >= 11 is 5.74. The Kier molecular flexibility index (Phi) is 3.87. The van der Waals surface area contributed by atoms with Crippen LogP contribution in [0.4, 0.5) is 10.1 Å². The first kappa shape index (κ1) is 12.9. The Hall–Kier alpha value is -1.55. The highest BCUT2D eigenvalue weighted by Crippen LogP contribution is 2.23. The predicted octanol–water partition coefficient (Wildman–Crippen LogP) is 3.87. The number of aromatic nitrogens is 2. The molecule has 1 heterocycles. The summed E-state index contributed by atoms with van der Waals surface area (Å²) in [6, 6.07) is 4.69. The van der Waals surface area contributed by atoms with Crippen molar-refractivity contribution in [3.05, 3.63) is 47.0 Å². The van der Waals surface area contributed by atoms with Gasteiger partial charge in [0.05, 0.1) is 17.3 Å². The molecule has 5 heteroatoms. The second-order valence-corrected chi connectivity index (χ2v) is 4.53. The molecule has 0 saturated heterocycles. The quantitative estimate of drug-likeness (QED) is 0.911. The zero-order valence-electron chi connectivity index (χ0n) is 10.3. The van der Waals surface area contributed by atoms with Gasteiger partial charge in [-0.2, -0.15) is 5.10 Å². The highest BCUT2D eigenvalue weighted by molar-refractivity contribution is 6.31. The SMILES string of the molecule is CCn1cc(C(C)Nc2ccc(F)c(Cl)c2)cn1. The average Bonchev–Trinajstić information content (AvgIpc) is 2.82. The van der Waals surface area contributed by atoms with Gasteiger partial charge in [-0.1, -0.05) is 11.6 Å². The number of hydrogen-bond donors (Lipinski definition) is 1. The van der Waals surface area contributed by atoms with Crippen LogP contribution >= 0.6 is 11.6 Å². The number of hydrogen-bond acceptors (Lipinski definition) is 2. The van der Waals surface area contributed by atoms with Crippen molar-refractivity contribution >= 4 is 17.3 Å². The lowest BCUT2D eigenvalue weighted by Crippen LogP contribution is -2.06. The maximum atomic E-state index is 13.0. The number of aryl methyl sites for hydroxylation is 1. The highest BCUT2D eigenvalue weighted by Gasteiger charge is 2.09. The Morgan fingerprint density at radius 2 is 2.28 bits per heavy atom. The van der Waals surface area contributed by atoms with Crippen LogP contribution in [0.3, 0.4) is 0 Å². The Morgan fingerprint density at radius 3 is 2.89 bits per heavy atom. The number of halogens is 2. The van der Waals surface area contributed by atoms with Crippen molar-refractivity contribution in [3.8, 4) is 0 Å². The molecule has 1 aromatic heterocycles. The smallest absolute Gasteiger partial charge is 0.141 e. The summed E-state index contributed by atoms with van der Waals surface area (Å²) in [5, 5.41) is 7.60. The van der Waals surface area contributed by atoms with Crippen molar-refractivity contribution in [2.75, 3.05) is 5.32 Å². The van der Waals surface area contributed by atoms with E-state index in [1.54, 1.807) is 12.1 Å². The molecule has 0 aliphatic rings. The van der Waals surface area contributed by atoms with Crippen LogP contribution in [-0.4, -0.2) is 9.78 Å². The second kappa shape index (κ2) is 5.40. The highest BCUT2D eigenvalue weighted by atomic mass is 35.5. The number of rotatable bonds is 4. The van der Waals surface area contributed by atoms with E-state index in [4.69, 9.17) is 11.6 Å². The Labute approximate surface area is 111 Å². The standard InChI is InChI=1S/C13H15ClFN3/c1-3-18-8-10(7-16-18)9(2)17-11-4-5-13(15)12(14)6-11/h4-9,17H,3H2,1-2H3. The predicted molar refractivity (Wildman–Crippen MR) is 71.3 cm³/mol. The Morgan fingerprint density at radius 1 is 1.50 bits per heavy atom. The molecule has 1 atom stereocenters. The second-order valence-electron chi connectivity index (χ2n) is 4.12. The van der Waals surface area contributed by atoms with Crippen molar-refractivity contribution < 1.29 is 4.39 Å². The Balaban J connectivity index is 2.10. The fourth-order valence-corrected chi connectivity index (χ4v) is 1.88. The summed E-state index contributed by atoms with van der Waals surface area (Å²) < 4.78 is 14.9. The third-order valence-corrected chi connectivity index (χ3v) is 3.07. The molecule has 0 radical (unpaired) electrons. The van der Waals surface area contributed by atoms with Gasteiger partial charge in [0.25, 0.3) is 0 Å². The van der Waals surface area contributed by atoms with Crippen molar-refractivity contribution in [3.63, 3.8) is 0 Å². The molecule has 0 fully saturated rings. The molecule has 0 spiro atoms. The molecule has 0 aliphatic carbocycles. The van der Waals surface area contributed by atoms with Crippen molar-refractivity contribution in [1.29, 1.82) is 0 Å². The zero-order chi connectivity index (χ0) is 13.1. The number of anilines is 1. The maximum absolute atomic E-state index is 13.0. The van der Waals surface area contributed by atoms with Crippen molar-refractivity contribution in [2.24, 2.45) is 0 Å². The van der Waals surface area contributed by atoms with Gasteiger partial charge in [-0.3, -0.25) is 4.68 Å². The molecule has 1 N–H and O–H groups in total. The van der Waals surface area contributed by atoms with Crippen LogP contribution in [0.15, 0.2) is 30.6 Å². The van der Waals surface area contributed by atoms with Crippen LogP contribution in [0.5, 0.6) is 0 Å². The lowest BCUT2D eigenvalue weighted by molar-refractivity contribution is 0.628. The number of nitrogens with one attached hydrogen (secondary N) is 1. The Bertz CT molecular complexity index is 539. The fourth-order valence-electron chi connectivity index (χ4n) is 1.70. The van der Waals surface area contributed by atoms with Crippen LogP contribution in [-0.2, 0) is 6.54 Å². The topological polar surface area (TPSA) is 29.9 Å². The first-order valence-corrected chi connectivity index (χ1v) is 6.22. The molecule has 96 valence electrons.